The Bertz CT molecular complexity index is 1250. The van der Waals surface area contributed by atoms with E-state index in [0.29, 0.717) is 9.20 Å². The summed E-state index contributed by atoms with van der Waals surface area (Å²) in [4.78, 5) is 31.8. The topological polar surface area (TPSA) is 89.9 Å². The number of fused-ring (bicyclic) bond motifs is 1. The van der Waals surface area contributed by atoms with Crippen LogP contribution in [0.5, 0.6) is 5.75 Å². The minimum absolute atomic E-state index is 0.177. The van der Waals surface area contributed by atoms with Crippen molar-refractivity contribution in [3.8, 4) is 5.75 Å². The number of rotatable bonds is 4. The van der Waals surface area contributed by atoms with Gasteiger partial charge in [0, 0.05) is 12.5 Å². The van der Waals surface area contributed by atoms with Gasteiger partial charge in [-0.15, -0.1) is 11.3 Å². The molecule has 150 valence electrons. The first-order valence-corrected chi connectivity index (χ1v) is 10.1. The second-order valence-corrected chi connectivity index (χ2v) is 9.33. The fourth-order valence-electron chi connectivity index (χ4n) is 3.30. The predicted octanol–water partition coefficient (Wildman–Crippen LogP) is 1.36. The molecule has 4 rings (SSSR count). The van der Waals surface area contributed by atoms with Crippen LogP contribution in [0.15, 0.2) is 35.6 Å². The highest BCUT2D eigenvalue weighted by atomic mass is 32.1. The third kappa shape index (κ3) is 3.80. The van der Waals surface area contributed by atoms with Gasteiger partial charge < -0.3 is 9.72 Å². The van der Waals surface area contributed by atoms with E-state index in [9.17, 15) is 9.59 Å². The zero-order chi connectivity index (χ0) is 20.8. The number of aromatic amines is 1. The number of aromatic nitrogens is 4. The molecule has 0 unspecified atom stereocenters. The number of benzene rings is 1. The summed E-state index contributed by atoms with van der Waals surface area (Å²) in [5.41, 5.74) is 0.741. The summed E-state index contributed by atoms with van der Waals surface area (Å²) in [6, 6.07) is 5.92. The standard InChI is InChI=1S/C21H22N4O3S/c1-20(2)10-14-7-13(5-6-15(14)28-20)8-16-19(27)24-18(29-16)9-17(26)21(3,4)25-12-22-11-23-25/h5-9,11-12H,10H2,1-4H3,(H,24,27)/b16-8-,18-9+. The molecule has 1 aliphatic rings. The molecule has 7 nitrogen and oxygen atoms in total. The number of hydrogen-bond donors (Lipinski definition) is 1. The van der Waals surface area contributed by atoms with Crippen molar-refractivity contribution >= 4 is 29.3 Å². The van der Waals surface area contributed by atoms with Crippen LogP contribution in [-0.2, 0) is 16.8 Å². The Kier molecular flexibility index (Phi) is 4.53. The summed E-state index contributed by atoms with van der Waals surface area (Å²) in [6.07, 6.45) is 7.00. The molecule has 1 aliphatic heterocycles. The van der Waals surface area contributed by atoms with Crippen molar-refractivity contribution in [1.29, 1.82) is 0 Å². The number of Topliss-reactive ketones (excluding diaryl/α,β-unsaturated/α-hetero) is 1. The van der Waals surface area contributed by atoms with Crippen molar-refractivity contribution in [1.82, 2.24) is 19.7 Å². The minimum atomic E-state index is -0.895. The van der Waals surface area contributed by atoms with Crippen LogP contribution in [0.1, 0.15) is 38.8 Å². The molecule has 0 bridgehead atoms. The van der Waals surface area contributed by atoms with Crippen LogP contribution >= 0.6 is 11.3 Å². The van der Waals surface area contributed by atoms with Gasteiger partial charge in [-0.1, -0.05) is 6.07 Å². The Hall–Kier alpha value is -3.00. The lowest BCUT2D eigenvalue weighted by atomic mass is 10.00. The molecule has 0 radical (unpaired) electrons. The maximum Gasteiger partial charge on any atom is 0.266 e. The number of ketones is 1. The number of carbonyl (C=O) groups excluding carboxylic acids is 1. The van der Waals surface area contributed by atoms with Crippen molar-refractivity contribution in [2.75, 3.05) is 0 Å². The summed E-state index contributed by atoms with van der Waals surface area (Å²) in [6.45, 7) is 7.63. The maximum atomic E-state index is 12.7. The first-order chi connectivity index (χ1) is 13.6. The highest BCUT2D eigenvalue weighted by Gasteiger charge is 2.30. The van der Waals surface area contributed by atoms with Crippen LogP contribution in [0.4, 0.5) is 0 Å². The lowest BCUT2D eigenvalue weighted by Crippen LogP contribution is -2.36. The van der Waals surface area contributed by atoms with Crippen molar-refractivity contribution in [2.24, 2.45) is 0 Å². The largest absolute Gasteiger partial charge is 0.487 e. The van der Waals surface area contributed by atoms with Gasteiger partial charge >= 0.3 is 0 Å². The van der Waals surface area contributed by atoms with Gasteiger partial charge in [-0.2, -0.15) is 5.10 Å². The van der Waals surface area contributed by atoms with E-state index in [-0.39, 0.29) is 16.9 Å². The number of H-pyrrole nitrogens is 1. The SMILES string of the molecule is CC1(C)Cc2cc(/C=c3\s/c(=C/C(=O)C(C)(C)n4cncn4)[nH]c3=O)ccc2O1. The van der Waals surface area contributed by atoms with Gasteiger partial charge in [0.25, 0.3) is 5.56 Å². The summed E-state index contributed by atoms with van der Waals surface area (Å²) in [7, 11) is 0. The van der Waals surface area contributed by atoms with Crippen LogP contribution in [0.3, 0.4) is 0 Å². The van der Waals surface area contributed by atoms with E-state index in [0.717, 1.165) is 23.3 Å². The van der Waals surface area contributed by atoms with Crippen LogP contribution in [-0.4, -0.2) is 31.1 Å². The first kappa shape index (κ1) is 19.3. The number of carbonyl (C=O) groups is 1. The Morgan fingerprint density at radius 2 is 2.17 bits per heavy atom. The number of ether oxygens (including phenoxy) is 1. The Balaban J connectivity index is 1.66. The van der Waals surface area contributed by atoms with Gasteiger partial charge in [-0.05, 0) is 57.0 Å². The summed E-state index contributed by atoms with van der Waals surface area (Å²) >= 11 is 1.25. The van der Waals surface area contributed by atoms with Crippen molar-refractivity contribution in [3.63, 3.8) is 0 Å². The molecule has 2 aromatic heterocycles. The molecular formula is C21H22N4O3S. The Labute approximate surface area is 171 Å². The van der Waals surface area contributed by atoms with E-state index in [1.807, 2.05) is 24.3 Å². The second-order valence-electron chi connectivity index (χ2n) is 8.24. The quantitative estimate of drug-likeness (QED) is 0.701. The molecule has 0 aliphatic carbocycles. The molecule has 0 saturated carbocycles. The molecule has 1 aromatic carbocycles. The molecule has 3 aromatic rings. The number of thiazole rings is 1. The highest BCUT2D eigenvalue weighted by molar-refractivity contribution is 7.07. The molecule has 29 heavy (non-hydrogen) atoms. The smallest absolute Gasteiger partial charge is 0.266 e. The van der Waals surface area contributed by atoms with Crippen LogP contribution in [0.25, 0.3) is 12.2 Å². The van der Waals surface area contributed by atoms with E-state index in [1.54, 1.807) is 13.8 Å². The van der Waals surface area contributed by atoms with Gasteiger partial charge in [0.1, 0.15) is 29.5 Å². The van der Waals surface area contributed by atoms with Gasteiger partial charge in [-0.3, -0.25) is 9.59 Å². The maximum absolute atomic E-state index is 12.7. The third-order valence-electron chi connectivity index (χ3n) is 4.92. The Morgan fingerprint density at radius 3 is 2.90 bits per heavy atom. The summed E-state index contributed by atoms with van der Waals surface area (Å²) in [5, 5.41) is 4.05. The lowest BCUT2D eigenvalue weighted by Gasteiger charge is -2.20. The van der Waals surface area contributed by atoms with E-state index in [1.165, 1.54) is 34.7 Å². The predicted molar refractivity (Wildman–Crippen MR) is 111 cm³/mol. The fourth-order valence-corrected chi connectivity index (χ4v) is 4.19. The van der Waals surface area contributed by atoms with E-state index >= 15 is 0 Å². The van der Waals surface area contributed by atoms with Crippen molar-refractivity contribution in [2.45, 2.75) is 45.3 Å². The number of hydrogen-bond acceptors (Lipinski definition) is 6. The van der Waals surface area contributed by atoms with Crippen LogP contribution < -0.4 is 19.5 Å². The van der Waals surface area contributed by atoms with E-state index in [2.05, 4.69) is 28.9 Å². The highest BCUT2D eigenvalue weighted by Crippen LogP contribution is 2.35. The molecule has 3 heterocycles. The lowest BCUT2D eigenvalue weighted by molar-refractivity contribution is -0.120. The molecular weight excluding hydrogens is 388 g/mol. The van der Waals surface area contributed by atoms with E-state index in [4.69, 9.17) is 4.74 Å². The average molecular weight is 410 g/mol. The van der Waals surface area contributed by atoms with Crippen molar-refractivity contribution < 1.29 is 9.53 Å². The van der Waals surface area contributed by atoms with Crippen LogP contribution in [0, 0.1) is 0 Å². The molecule has 1 N–H and O–H groups in total. The zero-order valence-corrected chi connectivity index (χ0v) is 17.5. The van der Waals surface area contributed by atoms with Gasteiger partial charge in [-0.25, -0.2) is 9.67 Å². The van der Waals surface area contributed by atoms with Crippen LogP contribution in [0.2, 0.25) is 0 Å². The molecule has 0 spiro atoms. The van der Waals surface area contributed by atoms with Crippen molar-refractivity contribution in [3.05, 3.63) is 61.5 Å². The average Bonchev–Trinajstić information content (AvgIpc) is 3.33. The van der Waals surface area contributed by atoms with Gasteiger partial charge in [0.15, 0.2) is 5.78 Å². The third-order valence-corrected chi connectivity index (χ3v) is 5.88. The zero-order valence-electron chi connectivity index (χ0n) is 16.7. The number of nitrogens with one attached hydrogen (secondary N) is 1. The number of nitrogens with zero attached hydrogens (tertiary/aromatic N) is 3. The van der Waals surface area contributed by atoms with E-state index < -0.39 is 5.54 Å². The molecule has 8 heteroatoms. The van der Waals surface area contributed by atoms with Gasteiger partial charge in [0.05, 0.1) is 9.20 Å². The monoisotopic (exact) mass is 410 g/mol. The van der Waals surface area contributed by atoms with Gasteiger partial charge in [0.2, 0.25) is 0 Å². The summed E-state index contributed by atoms with van der Waals surface area (Å²) in [5.74, 6) is 0.714. The molecule has 0 atom stereocenters. The molecule has 0 fully saturated rings. The second kappa shape index (κ2) is 6.81. The summed E-state index contributed by atoms with van der Waals surface area (Å²) < 4.78 is 8.45. The Morgan fingerprint density at radius 1 is 1.38 bits per heavy atom. The fraction of sp³-hybridized carbons (Fsp3) is 0.333. The minimum Gasteiger partial charge on any atom is -0.487 e. The normalized spacial score (nSPS) is 16.7. The molecule has 0 saturated heterocycles. The first-order valence-electron chi connectivity index (χ1n) is 9.28. The molecule has 0 amide bonds.